The van der Waals surface area contributed by atoms with Gasteiger partial charge in [0, 0.05) is 0 Å². The molecule has 7 heteroatoms. The van der Waals surface area contributed by atoms with Crippen LogP contribution in [0.2, 0.25) is 0 Å². The Kier molecular flexibility index (Phi) is 6.52. The van der Waals surface area contributed by atoms with Gasteiger partial charge in [-0.1, -0.05) is 30.3 Å². The first-order chi connectivity index (χ1) is 11.1. The van der Waals surface area contributed by atoms with Gasteiger partial charge in [-0.3, -0.25) is 9.59 Å². The van der Waals surface area contributed by atoms with E-state index in [2.05, 4.69) is 5.32 Å². The minimum Gasteiger partial charge on any atom is -0.480 e. The van der Waals surface area contributed by atoms with Crippen molar-refractivity contribution >= 4 is 11.9 Å². The summed E-state index contributed by atoms with van der Waals surface area (Å²) in [4.78, 5) is 21.0. The molecule has 3 atom stereocenters. The summed E-state index contributed by atoms with van der Waals surface area (Å²) in [6, 6.07) is 9.07. The molecule has 2 saturated heterocycles. The van der Waals surface area contributed by atoms with Crippen LogP contribution in [0.5, 0.6) is 0 Å². The molecule has 4 N–H and O–H groups in total. The SMILES string of the molecule is NC1CC(=O)OC1OCc1ccccc1.O=C(O)C1CCCN1. The highest BCUT2D eigenvalue weighted by molar-refractivity contribution is 5.73. The first kappa shape index (κ1) is 17.4. The summed E-state index contributed by atoms with van der Waals surface area (Å²) < 4.78 is 10.3. The van der Waals surface area contributed by atoms with E-state index >= 15 is 0 Å². The molecule has 3 unspecified atom stereocenters. The molecule has 2 heterocycles. The molecule has 0 radical (unpaired) electrons. The number of benzene rings is 1. The summed E-state index contributed by atoms with van der Waals surface area (Å²) in [6.45, 7) is 1.27. The zero-order valence-electron chi connectivity index (χ0n) is 12.8. The molecule has 0 bridgehead atoms. The average Bonchev–Trinajstić information content (AvgIpc) is 3.17. The number of rotatable bonds is 4. The van der Waals surface area contributed by atoms with Crippen molar-refractivity contribution in [2.45, 2.75) is 44.2 Å². The Balaban J connectivity index is 0.000000203. The Morgan fingerprint density at radius 2 is 2.13 bits per heavy atom. The first-order valence-corrected chi connectivity index (χ1v) is 7.63. The van der Waals surface area contributed by atoms with Crippen LogP contribution in [0.25, 0.3) is 0 Å². The number of cyclic esters (lactones) is 1. The third-order valence-corrected chi connectivity index (χ3v) is 3.62. The van der Waals surface area contributed by atoms with E-state index < -0.39 is 12.3 Å². The van der Waals surface area contributed by atoms with Crippen LogP contribution in [0.15, 0.2) is 30.3 Å². The van der Waals surface area contributed by atoms with Gasteiger partial charge >= 0.3 is 11.9 Å². The number of hydrogen-bond donors (Lipinski definition) is 3. The largest absolute Gasteiger partial charge is 0.480 e. The summed E-state index contributed by atoms with van der Waals surface area (Å²) in [6.07, 6.45) is 1.42. The van der Waals surface area contributed by atoms with E-state index in [1.165, 1.54) is 0 Å². The predicted molar refractivity (Wildman–Crippen MR) is 82.4 cm³/mol. The summed E-state index contributed by atoms with van der Waals surface area (Å²) in [5.74, 6) is -1.01. The third kappa shape index (κ3) is 5.63. The molecular formula is C16H22N2O5. The standard InChI is InChI=1S/C11H13NO3.C5H9NO2/c12-9-6-10(13)15-11(9)14-7-8-4-2-1-3-5-8;7-5(8)4-2-1-3-6-4/h1-5,9,11H,6-7,12H2;4,6H,1-3H2,(H,7,8). The molecule has 1 aromatic carbocycles. The molecule has 0 saturated carbocycles. The summed E-state index contributed by atoms with van der Waals surface area (Å²) in [7, 11) is 0. The second kappa shape index (κ2) is 8.61. The van der Waals surface area contributed by atoms with Crippen molar-refractivity contribution in [3.8, 4) is 0 Å². The van der Waals surface area contributed by atoms with Gasteiger partial charge < -0.3 is 25.6 Å². The van der Waals surface area contributed by atoms with Gasteiger partial charge in [0.25, 0.3) is 0 Å². The van der Waals surface area contributed by atoms with E-state index in [1.54, 1.807) is 0 Å². The van der Waals surface area contributed by atoms with Crippen molar-refractivity contribution < 1.29 is 24.2 Å². The van der Waals surface area contributed by atoms with Gasteiger partial charge in [-0.2, -0.15) is 0 Å². The fourth-order valence-corrected chi connectivity index (χ4v) is 2.36. The lowest BCUT2D eigenvalue weighted by molar-refractivity contribution is -0.166. The zero-order valence-corrected chi connectivity index (χ0v) is 12.8. The number of carbonyl (C=O) groups is 2. The van der Waals surface area contributed by atoms with Gasteiger partial charge in [0.2, 0.25) is 6.29 Å². The van der Waals surface area contributed by atoms with Gasteiger partial charge in [-0.15, -0.1) is 0 Å². The quantitative estimate of drug-likeness (QED) is 0.697. The van der Waals surface area contributed by atoms with Crippen molar-refractivity contribution in [1.29, 1.82) is 0 Å². The number of nitrogens with two attached hydrogens (primary N) is 1. The second-order valence-corrected chi connectivity index (χ2v) is 5.51. The lowest BCUT2D eigenvalue weighted by Gasteiger charge is -2.14. The summed E-state index contributed by atoms with van der Waals surface area (Å²) in [5, 5.41) is 11.2. The number of aliphatic carboxylic acids is 1. The third-order valence-electron chi connectivity index (χ3n) is 3.62. The van der Waals surface area contributed by atoms with E-state index in [9.17, 15) is 9.59 Å². The Morgan fingerprint density at radius 1 is 1.39 bits per heavy atom. The van der Waals surface area contributed by atoms with E-state index in [4.69, 9.17) is 20.3 Å². The number of ether oxygens (including phenoxy) is 2. The number of carbonyl (C=O) groups excluding carboxylic acids is 1. The van der Waals surface area contributed by atoms with Crippen molar-refractivity contribution in [3.63, 3.8) is 0 Å². The van der Waals surface area contributed by atoms with Crippen LogP contribution >= 0.6 is 0 Å². The van der Waals surface area contributed by atoms with Crippen molar-refractivity contribution in [2.75, 3.05) is 6.54 Å². The molecule has 0 amide bonds. The van der Waals surface area contributed by atoms with E-state index in [-0.39, 0.29) is 24.5 Å². The smallest absolute Gasteiger partial charge is 0.320 e. The van der Waals surface area contributed by atoms with Crippen LogP contribution in [0.1, 0.15) is 24.8 Å². The van der Waals surface area contributed by atoms with Crippen molar-refractivity contribution in [2.24, 2.45) is 5.73 Å². The Hall–Kier alpha value is -1.96. The molecule has 0 aliphatic carbocycles. The van der Waals surface area contributed by atoms with Gasteiger partial charge in [0.1, 0.15) is 6.04 Å². The van der Waals surface area contributed by atoms with Crippen LogP contribution in [0.4, 0.5) is 0 Å². The number of hydrogen-bond acceptors (Lipinski definition) is 6. The van der Waals surface area contributed by atoms with Crippen LogP contribution in [0, 0.1) is 0 Å². The lowest BCUT2D eigenvalue weighted by atomic mass is 10.2. The van der Waals surface area contributed by atoms with Crippen LogP contribution in [-0.4, -0.2) is 42.0 Å². The minimum atomic E-state index is -0.720. The maximum atomic E-state index is 10.9. The Morgan fingerprint density at radius 3 is 2.61 bits per heavy atom. The molecule has 2 fully saturated rings. The second-order valence-electron chi connectivity index (χ2n) is 5.51. The fourth-order valence-electron chi connectivity index (χ4n) is 2.36. The predicted octanol–water partition coefficient (Wildman–Crippen LogP) is 0.626. The van der Waals surface area contributed by atoms with Crippen molar-refractivity contribution in [1.82, 2.24) is 5.32 Å². The maximum Gasteiger partial charge on any atom is 0.320 e. The molecule has 126 valence electrons. The fraction of sp³-hybridized carbons (Fsp3) is 0.500. The van der Waals surface area contributed by atoms with E-state index in [0.29, 0.717) is 6.61 Å². The zero-order chi connectivity index (χ0) is 16.7. The van der Waals surface area contributed by atoms with Gasteiger partial charge in [0.15, 0.2) is 0 Å². The maximum absolute atomic E-state index is 10.9. The van der Waals surface area contributed by atoms with Gasteiger partial charge in [0.05, 0.1) is 19.1 Å². The summed E-state index contributed by atoms with van der Waals surface area (Å²) in [5.41, 5.74) is 6.70. The molecule has 23 heavy (non-hydrogen) atoms. The van der Waals surface area contributed by atoms with Crippen molar-refractivity contribution in [3.05, 3.63) is 35.9 Å². The Bertz CT molecular complexity index is 516. The molecule has 2 aliphatic heterocycles. The van der Waals surface area contributed by atoms with Crippen LogP contribution in [0.3, 0.4) is 0 Å². The number of carboxylic acid groups (broad SMARTS) is 1. The van der Waals surface area contributed by atoms with Crippen LogP contribution < -0.4 is 11.1 Å². The lowest BCUT2D eigenvalue weighted by Crippen LogP contribution is -2.32. The molecule has 1 aromatic rings. The number of esters is 1. The summed E-state index contributed by atoms with van der Waals surface area (Å²) >= 11 is 0. The highest BCUT2D eigenvalue weighted by Gasteiger charge is 2.32. The number of nitrogens with one attached hydrogen (secondary N) is 1. The molecule has 7 nitrogen and oxygen atoms in total. The Labute approximate surface area is 134 Å². The topological polar surface area (TPSA) is 111 Å². The van der Waals surface area contributed by atoms with E-state index in [1.807, 2.05) is 30.3 Å². The molecule has 0 aromatic heterocycles. The molecule has 0 spiro atoms. The molecule has 2 aliphatic rings. The minimum absolute atomic E-state index is 0.236. The first-order valence-electron chi connectivity index (χ1n) is 7.63. The normalized spacial score (nSPS) is 26.3. The average molecular weight is 322 g/mol. The van der Waals surface area contributed by atoms with Gasteiger partial charge in [-0.25, -0.2) is 0 Å². The molecule has 3 rings (SSSR count). The highest BCUT2D eigenvalue weighted by atomic mass is 16.7. The van der Waals surface area contributed by atoms with E-state index in [0.717, 1.165) is 24.9 Å². The van der Waals surface area contributed by atoms with Gasteiger partial charge in [-0.05, 0) is 24.9 Å². The molecular weight excluding hydrogens is 300 g/mol. The monoisotopic (exact) mass is 322 g/mol. The highest BCUT2D eigenvalue weighted by Crippen LogP contribution is 2.15. The number of carboxylic acids is 1. The van der Waals surface area contributed by atoms with Crippen LogP contribution in [-0.2, 0) is 25.7 Å².